The van der Waals surface area contributed by atoms with Crippen LogP contribution in [0.15, 0.2) is 29.3 Å². The van der Waals surface area contributed by atoms with E-state index in [9.17, 15) is 0 Å². The van der Waals surface area contributed by atoms with Gasteiger partial charge in [0.15, 0.2) is 5.96 Å². The molecule has 0 amide bonds. The molecule has 18 heavy (non-hydrogen) atoms. The van der Waals surface area contributed by atoms with E-state index in [1.807, 2.05) is 36.1 Å². The van der Waals surface area contributed by atoms with Gasteiger partial charge < -0.3 is 15.4 Å². The van der Waals surface area contributed by atoms with Gasteiger partial charge in [-0.3, -0.25) is 4.99 Å². The zero-order valence-corrected chi connectivity index (χ0v) is 11.4. The number of halogens is 1. The van der Waals surface area contributed by atoms with Crippen LogP contribution in [0, 0.1) is 0 Å². The number of para-hydroxylation sites is 1. The molecule has 1 aliphatic rings. The lowest BCUT2D eigenvalue weighted by Crippen LogP contribution is -2.53. The number of hydrogen-bond donors (Lipinski definition) is 1. The molecule has 2 N–H and O–H groups in total. The fourth-order valence-corrected chi connectivity index (χ4v) is 2.37. The molecule has 0 aliphatic carbocycles. The van der Waals surface area contributed by atoms with Gasteiger partial charge in [0.2, 0.25) is 0 Å². The maximum atomic E-state index is 6.24. The first kappa shape index (κ1) is 13.2. The second kappa shape index (κ2) is 5.16. The van der Waals surface area contributed by atoms with E-state index in [-0.39, 0.29) is 5.54 Å². The molecule has 0 aromatic heterocycles. The Morgan fingerprint density at radius 2 is 2.22 bits per heavy atom. The number of benzene rings is 1. The van der Waals surface area contributed by atoms with Crippen LogP contribution in [-0.4, -0.2) is 31.3 Å². The maximum Gasteiger partial charge on any atom is 0.196 e. The Labute approximate surface area is 112 Å². The van der Waals surface area contributed by atoms with Crippen LogP contribution >= 0.6 is 11.6 Å². The first-order valence-corrected chi connectivity index (χ1v) is 6.39. The Kier molecular flexibility index (Phi) is 3.78. The molecule has 0 radical (unpaired) electrons. The molecular weight excluding hydrogens is 250 g/mol. The zero-order valence-electron chi connectivity index (χ0n) is 10.7. The molecule has 4 nitrogen and oxygen atoms in total. The summed E-state index contributed by atoms with van der Waals surface area (Å²) in [4.78, 5) is 6.29. The van der Waals surface area contributed by atoms with E-state index in [0.717, 1.165) is 5.69 Å². The number of ether oxygens (including phenoxy) is 1. The van der Waals surface area contributed by atoms with Gasteiger partial charge >= 0.3 is 0 Å². The largest absolute Gasteiger partial charge is 0.379 e. The molecule has 1 unspecified atom stereocenters. The fraction of sp³-hybridized carbons (Fsp3) is 0.462. The number of guanidine groups is 1. The van der Waals surface area contributed by atoms with Crippen LogP contribution in [0.1, 0.15) is 13.8 Å². The van der Waals surface area contributed by atoms with E-state index < -0.39 is 0 Å². The minimum atomic E-state index is -0.273. The molecule has 2 rings (SSSR count). The summed E-state index contributed by atoms with van der Waals surface area (Å²) in [6.45, 7) is 5.91. The van der Waals surface area contributed by atoms with E-state index >= 15 is 0 Å². The third-order valence-corrected chi connectivity index (χ3v) is 3.38. The van der Waals surface area contributed by atoms with Crippen molar-refractivity contribution in [1.29, 1.82) is 0 Å². The molecule has 0 saturated carbocycles. The molecule has 0 fully saturated rings. The highest BCUT2D eigenvalue weighted by molar-refractivity contribution is 6.34. The highest BCUT2D eigenvalue weighted by Gasteiger charge is 2.40. The van der Waals surface area contributed by atoms with Gasteiger partial charge in [0, 0.05) is 6.61 Å². The normalized spacial score (nSPS) is 23.3. The first-order valence-electron chi connectivity index (χ1n) is 6.01. The van der Waals surface area contributed by atoms with Crippen LogP contribution < -0.4 is 10.6 Å². The lowest BCUT2D eigenvalue weighted by molar-refractivity contribution is 0.108. The van der Waals surface area contributed by atoms with Gasteiger partial charge in [-0.25, -0.2) is 0 Å². The standard InChI is InChI=1S/C13H18ClN3O/c1-3-18-9-13(2)8-16-12(15)17(13)11-7-5-4-6-10(11)14/h4-7H,3,8-9H2,1-2H3,(H2,15,16). The molecule has 98 valence electrons. The number of rotatable bonds is 4. The predicted octanol–water partition coefficient (Wildman–Crippen LogP) is 2.27. The summed E-state index contributed by atoms with van der Waals surface area (Å²) in [7, 11) is 0. The van der Waals surface area contributed by atoms with Crippen LogP contribution in [0.3, 0.4) is 0 Å². The smallest absolute Gasteiger partial charge is 0.196 e. The average Bonchev–Trinajstić information content (AvgIpc) is 2.65. The third kappa shape index (κ3) is 2.31. The molecule has 1 atom stereocenters. The van der Waals surface area contributed by atoms with Gasteiger partial charge in [0.05, 0.1) is 29.4 Å². The van der Waals surface area contributed by atoms with Gasteiger partial charge in [-0.2, -0.15) is 0 Å². The predicted molar refractivity (Wildman–Crippen MR) is 75.3 cm³/mol. The lowest BCUT2D eigenvalue weighted by atomic mass is 10.0. The molecular formula is C13H18ClN3O. The number of nitrogens with two attached hydrogens (primary N) is 1. The van der Waals surface area contributed by atoms with E-state index in [1.54, 1.807) is 0 Å². The van der Waals surface area contributed by atoms with E-state index in [2.05, 4.69) is 11.9 Å². The third-order valence-electron chi connectivity index (χ3n) is 3.06. The van der Waals surface area contributed by atoms with Crippen LogP contribution in [-0.2, 0) is 4.74 Å². The molecule has 1 aromatic rings. The Morgan fingerprint density at radius 3 is 2.89 bits per heavy atom. The average molecular weight is 268 g/mol. The topological polar surface area (TPSA) is 50.9 Å². The first-order chi connectivity index (χ1) is 8.58. The van der Waals surface area contributed by atoms with Crippen molar-refractivity contribution in [1.82, 2.24) is 0 Å². The molecule has 1 aromatic carbocycles. The van der Waals surface area contributed by atoms with Crippen molar-refractivity contribution in [3.63, 3.8) is 0 Å². The van der Waals surface area contributed by atoms with E-state index in [1.165, 1.54) is 0 Å². The Morgan fingerprint density at radius 1 is 1.50 bits per heavy atom. The lowest BCUT2D eigenvalue weighted by Gasteiger charge is -2.36. The van der Waals surface area contributed by atoms with Gasteiger partial charge in [0.1, 0.15) is 0 Å². The van der Waals surface area contributed by atoms with Crippen LogP contribution in [0.2, 0.25) is 5.02 Å². The minimum Gasteiger partial charge on any atom is -0.379 e. The van der Waals surface area contributed by atoms with Crippen molar-refractivity contribution in [2.75, 3.05) is 24.7 Å². The summed E-state index contributed by atoms with van der Waals surface area (Å²) in [6, 6.07) is 7.63. The fourth-order valence-electron chi connectivity index (χ4n) is 2.15. The van der Waals surface area contributed by atoms with Gasteiger partial charge in [-0.1, -0.05) is 23.7 Å². The highest BCUT2D eigenvalue weighted by Crippen LogP contribution is 2.33. The van der Waals surface area contributed by atoms with E-state index in [0.29, 0.717) is 30.7 Å². The van der Waals surface area contributed by atoms with E-state index in [4.69, 9.17) is 22.1 Å². The molecule has 1 heterocycles. The molecule has 0 spiro atoms. The van der Waals surface area contributed by atoms with Crippen molar-refractivity contribution >= 4 is 23.2 Å². The van der Waals surface area contributed by atoms with Crippen LogP contribution in [0.4, 0.5) is 5.69 Å². The van der Waals surface area contributed by atoms with Crippen LogP contribution in [0.25, 0.3) is 0 Å². The zero-order chi connectivity index (χ0) is 13.2. The summed E-state index contributed by atoms with van der Waals surface area (Å²) in [6.07, 6.45) is 0. The quantitative estimate of drug-likeness (QED) is 0.911. The Bertz CT molecular complexity index is 463. The maximum absolute atomic E-state index is 6.24. The Balaban J connectivity index is 2.33. The van der Waals surface area contributed by atoms with Crippen molar-refractivity contribution in [3.05, 3.63) is 29.3 Å². The monoisotopic (exact) mass is 267 g/mol. The van der Waals surface area contributed by atoms with Crippen molar-refractivity contribution in [3.8, 4) is 0 Å². The van der Waals surface area contributed by atoms with Gasteiger partial charge in [-0.05, 0) is 26.0 Å². The van der Waals surface area contributed by atoms with Crippen molar-refractivity contribution < 1.29 is 4.74 Å². The minimum absolute atomic E-state index is 0.273. The number of aliphatic imine (C=N–C) groups is 1. The number of hydrogen-bond acceptors (Lipinski definition) is 4. The van der Waals surface area contributed by atoms with Gasteiger partial charge in [0.25, 0.3) is 0 Å². The number of anilines is 1. The van der Waals surface area contributed by atoms with Crippen LogP contribution in [0.5, 0.6) is 0 Å². The Hall–Kier alpha value is -1.26. The second-order valence-electron chi connectivity index (χ2n) is 4.60. The summed E-state index contributed by atoms with van der Waals surface area (Å²) in [5, 5.41) is 0.667. The molecule has 0 bridgehead atoms. The summed E-state index contributed by atoms with van der Waals surface area (Å²) >= 11 is 6.24. The van der Waals surface area contributed by atoms with Gasteiger partial charge in [-0.15, -0.1) is 0 Å². The molecule has 0 saturated heterocycles. The summed E-state index contributed by atoms with van der Waals surface area (Å²) in [5.74, 6) is 0.491. The highest BCUT2D eigenvalue weighted by atomic mass is 35.5. The van der Waals surface area contributed by atoms with Crippen molar-refractivity contribution in [2.24, 2.45) is 10.7 Å². The van der Waals surface area contributed by atoms with Crippen molar-refractivity contribution in [2.45, 2.75) is 19.4 Å². The SMILES string of the molecule is CCOCC1(C)CN=C(N)N1c1ccccc1Cl. The summed E-state index contributed by atoms with van der Waals surface area (Å²) < 4.78 is 5.55. The number of nitrogens with zero attached hydrogens (tertiary/aromatic N) is 2. The second-order valence-corrected chi connectivity index (χ2v) is 5.00. The molecule has 5 heteroatoms. The summed E-state index contributed by atoms with van der Waals surface area (Å²) in [5.41, 5.74) is 6.59. The molecule has 1 aliphatic heterocycles.